The maximum Gasteiger partial charge on any atom is 0.149 e. The largest absolute Gasteiger partial charge is 0.388 e. The Labute approximate surface area is 96.7 Å². The summed E-state index contributed by atoms with van der Waals surface area (Å²) in [5.41, 5.74) is 1.34. The summed E-state index contributed by atoms with van der Waals surface area (Å²) in [7, 11) is 0. The summed E-state index contributed by atoms with van der Waals surface area (Å²) < 4.78 is 13.2. The van der Waals surface area contributed by atoms with E-state index in [9.17, 15) is 4.39 Å². The maximum absolute atomic E-state index is 11.8. The zero-order valence-corrected chi connectivity index (χ0v) is 8.97. The van der Waals surface area contributed by atoms with Gasteiger partial charge in [-0.15, -0.1) is 5.10 Å². The molecule has 0 spiro atoms. The van der Waals surface area contributed by atoms with E-state index in [1.54, 1.807) is 18.5 Å². The van der Waals surface area contributed by atoms with Gasteiger partial charge < -0.3 is 5.32 Å². The van der Waals surface area contributed by atoms with Crippen LogP contribution in [0.25, 0.3) is 11.0 Å². The smallest absolute Gasteiger partial charge is 0.149 e. The predicted molar refractivity (Wildman–Crippen MR) is 61.6 cm³/mol. The molecule has 6 nitrogen and oxygen atoms in total. The van der Waals surface area contributed by atoms with E-state index in [2.05, 4.69) is 20.6 Å². The molecule has 0 radical (unpaired) electrons. The van der Waals surface area contributed by atoms with Crippen molar-refractivity contribution in [2.75, 3.05) is 13.2 Å². The van der Waals surface area contributed by atoms with Crippen LogP contribution in [-0.2, 0) is 0 Å². The minimum Gasteiger partial charge on any atom is -0.388 e. The van der Waals surface area contributed by atoms with E-state index in [4.69, 9.17) is 5.41 Å². The van der Waals surface area contributed by atoms with Crippen molar-refractivity contribution in [1.29, 1.82) is 5.41 Å². The van der Waals surface area contributed by atoms with Crippen molar-refractivity contribution in [3.63, 3.8) is 0 Å². The summed E-state index contributed by atoms with van der Waals surface area (Å²) in [5.74, 6) is 0.144. The molecule has 0 aromatic carbocycles. The number of hydrogen-bond donors (Lipinski definition) is 2. The van der Waals surface area contributed by atoms with Gasteiger partial charge in [-0.2, -0.15) is 4.68 Å². The fraction of sp³-hybridized carbons (Fsp3) is 0.200. The van der Waals surface area contributed by atoms with Gasteiger partial charge in [-0.3, -0.25) is 10.4 Å². The minimum atomic E-state index is -0.449. The summed E-state index contributed by atoms with van der Waals surface area (Å²) in [4.78, 5) is 3.91. The molecule has 0 aliphatic carbocycles. The topological polar surface area (TPSA) is 79.5 Å². The molecule has 0 amide bonds. The molecule has 0 atom stereocenters. The van der Waals surface area contributed by atoms with Gasteiger partial charge in [0.05, 0.1) is 11.7 Å². The van der Waals surface area contributed by atoms with E-state index < -0.39 is 6.67 Å². The van der Waals surface area contributed by atoms with Gasteiger partial charge in [-0.1, -0.05) is 5.21 Å². The van der Waals surface area contributed by atoms with Crippen LogP contribution in [-0.4, -0.2) is 39.0 Å². The van der Waals surface area contributed by atoms with Crippen molar-refractivity contribution < 1.29 is 4.39 Å². The van der Waals surface area contributed by atoms with Gasteiger partial charge in [0.25, 0.3) is 0 Å². The third kappa shape index (κ3) is 2.44. The number of fused-ring (bicyclic) bond motifs is 1. The Morgan fingerprint density at radius 1 is 1.59 bits per heavy atom. The van der Waals surface area contributed by atoms with Crippen LogP contribution in [0, 0.1) is 5.41 Å². The second-order valence-electron chi connectivity index (χ2n) is 3.23. The second kappa shape index (κ2) is 5.15. The summed E-state index contributed by atoms with van der Waals surface area (Å²) in [5, 5.41) is 18.2. The first-order valence-electron chi connectivity index (χ1n) is 5.03. The second-order valence-corrected chi connectivity index (χ2v) is 3.23. The first kappa shape index (κ1) is 11.2. The SMILES string of the molecule is N=C(/C=C\NCCF)n1nnc2cnccc21. The monoisotopic (exact) mass is 234 g/mol. The van der Waals surface area contributed by atoms with Gasteiger partial charge in [0, 0.05) is 18.9 Å². The normalized spacial score (nSPS) is 11.1. The molecule has 0 aliphatic rings. The number of allylic oxidation sites excluding steroid dienone is 1. The molecule has 2 rings (SSSR count). The van der Waals surface area contributed by atoms with Crippen LogP contribution in [0.1, 0.15) is 0 Å². The molecule has 2 aromatic heterocycles. The number of nitrogens with one attached hydrogen (secondary N) is 2. The van der Waals surface area contributed by atoms with Crippen LogP contribution in [0.2, 0.25) is 0 Å². The number of halogens is 1. The van der Waals surface area contributed by atoms with Crippen LogP contribution in [0.3, 0.4) is 0 Å². The predicted octanol–water partition coefficient (Wildman–Crippen LogP) is 0.724. The van der Waals surface area contributed by atoms with Gasteiger partial charge in [-0.05, 0) is 12.1 Å². The lowest BCUT2D eigenvalue weighted by Crippen LogP contribution is -2.13. The quantitative estimate of drug-likeness (QED) is 0.464. The summed E-state index contributed by atoms with van der Waals surface area (Å²) >= 11 is 0. The van der Waals surface area contributed by atoms with Crippen molar-refractivity contribution in [2.24, 2.45) is 0 Å². The molecule has 0 bridgehead atoms. The van der Waals surface area contributed by atoms with Gasteiger partial charge in [0.1, 0.15) is 18.0 Å². The first-order valence-corrected chi connectivity index (χ1v) is 5.03. The lowest BCUT2D eigenvalue weighted by Gasteiger charge is -1.99. The Morgan fingerprint density at radius 2 is 2.47 bits per heavy atom. The molecule has 0 saturated carbocycles. The average molecular weight is 234 g/mol. The Hall–Kier alpha value is -2.31. The molecule has 17 heavy (non-hydrogen) atoms. The number of hydrogen-bond acceptors (Lipinski definition) is 5. The highest BCUT2D eigenvalue weighted by atomic mass is 19.1. The maximum atomic E-state index is 11.8. The molecule has 7 heteroatoms. The first-order chi connectivity index (χ1) is 8.33. The van der Waals surface area contributed by atoms with Crippen molar-refractivity contribution >= 4 is 16.9 Å². The van der Waals surface area contributed by atoms with E-state index in [1.165, 1.54) is 17.0 Å². The van der Waals surface area contributed by atoms with Crippen molar-refractivity contribution in [2.45, 2.75) is 0 Å². The third-order valence-corrected chi connectivity index (χ3v) is 2.07. The van der Waals surface area contributed by atoms with Gasteiger partial charge >= 0.3 is 0 Å². The molecule has 2 heterocycles. The molecular weight excluding hydrogens is 223 g/mol. The molecule has 0 unspecified atom stereocenters. The van der Waals surface area contributed by atoms with Gasteiger partial charge in [0.15, 0.2) is 0 Å². The zero-order valence-electron chi connectivity index (χ0n) is 8.97. The highest BCUT2D eigenvalue weighted by Crippen LogP contribution is 2.07. The van der Waals surface area contributed by atoms with Crippen LogP contribution >= 0.6 is 0 Å². The van der Waals surface area contributed by atoms with Crippen molar-refractivity contribution in [3.8, 4) is 0 Å². The Kier molecular flexibility index (Phi) is 3.39. The van der Waals surface area contributed by atoms with E-state index >= 15 is 0 Å². The molecule has 0 saturated heterocycles. The van der Waals surface area contributed by atoms with Gasteiger partial charge in [-0.25, -0.2) is 4.39 Å². The standard InChI is InChI=1S/C10H11FN6/c11-3-6-13-5-2-10(12)17-9-1-4-14-7-8(9)15-16-17/h1-2,4-5,7,12-13H,3,6H2/b5-2-,12-10?. The highest BCUT2D eigenvalue weighted by molar-refractivity contribution is 5.97. The fourth-order valence-electron chi connectivity index (χ4n) is 1.30. The minimum absolute atomic E-state index is 0.144. The highest BCUT2D eigenvalue weighted by Gasteiger charge is 2.05. The average Bonchev–Trinajstić information content (AvgIpc) is 2.78. The molecule has 2 N–H and O–H groups in total. The zero-order chi connectivity index (χ0) is 12.1. The van der Waals surface area contributed by atoms with E-state index in [1.807, 2.05) is 0 Å². The lowest BCUT2D eigenvalue weighted by molar-refractivity contribution is 0.487. The molecule has 0 aliphatic heterocycles. The molecule has 2 aromatic rings. The van der Waals surface area contributed by atoms with E-state index in [0.29, 0.717) is 11.0 Å². The summed E-state index contributed by atoms with van der Waals surface area (Å²) in [6.07, 6.45) is 6.19. The Bertz CT molecular complexity index is 546. The number of pyridine rings is 1. The van der Waals surface area contributed by atoms with Crippen molar-refractivity contribution in [3.05, 3.63) is 30.7 Å². The summed E-state index contributed by atoms with van der Waals surface area (Å²) in [6.45, 7) is -0.221. The Morgan fingerprint density at radius 3 is 3.29 bits per heavy atom. The fourth-order valence-corrected chi connectivity index (χ4v) is 1.30. The summed E-state index contributed by atoms with van der Waals surface area (Å²) in [6, 6.07) is 1.73. The number of rotatable bonds is 4. The van der Waals surface area contributed by atoms with Crippen LogP contribution < -0.4 is 5.32 Å². The van der Waals surface area contributed by atoms with Crippen LogP contribution in [0.15, 0.2) is 30.7 Å². The molecular formula is C10H11FN6. The van der Waals surface area contributed by atoms with E-state index in [0.717, 1.165) is 0 Å². The number of alkyl halides is 1. The number of nitrogens with zero attached hydrogens (tertiary/aromatic N) is 4. The van der Waals surface area contributed by atoms with Crippen molar-refractivity contribution in [1.82, 2.24) is 25.3 Å². The number of aromatic nitrogens is 4. The molecule has 0 fully saturated rings. The Balaban J connectivity index is 2.16. The van der Waals surface area contributed by atoms with Crippen LogP contribution in [0.4, 0.5) is 4.39 Å². The lowest BCUT2D eigenvalue weighted by atomic mass is 10.4. The third-order valence-electron chi connectivity index (χ3n) is 2.07. The molecule has 88 valence electrons. The van der Waals surface area contributed by atoms with Gasteiger partial charge in [0.2, 0.25) is 0 Å². The van der Waals surface area contributed by atoms with Crippen LogP contribution in [0.5, 0.6) is 0 Å². The van der Waals surface area contributed by atoms with E-state index in [-0.39, 0.29) is 12.4 Å².